The Balaban J connectivity index is 1.69. The summed E-state index contributed by atoms with van der Waals surface area (Å²) < 4.78 is 23.9. The quantitative estimate of drug-likeness (QED) is 0.822. The maximum absolute atomic E-state index is 13.8. The van der Waals surface area contributed by atoms with E-state index >= 15 is 0 Å². The van der Waals surface area contributed by atoms with Crippen molar-refractivity contribution in [2.75, 3.05) is 20.7 Å². The van der Waals surface area contributed by atoms with Crippen molar-refractivity contribution in [1.82, 2.24) is 9.80 Å². The highest BCUT2D eigenvalue weighted by Crippen LogP contribution is 2.23. The summed E-state index contributed by atoms with van der Waals surface area (Å²) in [6, 6.07) is 7.30. The first-order valence-electron chi connectivity index (χ1n) is 8.43. The number of furan rings is 1. The Morgan fingerprint density at radius 3 is 2.85 bits per heavy atom. The second-order valence-corrected chi connectivity index (χ2v) is 6.30. The Bertz CT molecular complexity index is 791. The Morgan fingerprint density at radius 2 is 2.19 bits per heavy atom. The molecule has 2 heterocycles. The van der Waals surface area contributed by atoms with Crippen LogP contribution in [0.3, 0.4) is 0 Å². The van der Waals surface area contributed by atoms with Gasteiger partial charge in [-0.3, -0.25) is 9.59 Å². The van der Waals surface area contributed by atoms with E-state index in [0.717, 1.165) is 6.42 Å². The fourth-order valence-corrected chi connectivity index (χ4v) is 3.22. The number of hydrogen-bond donors (Lipinski definition) is 0. The van der Waals surface area contributed by atoms with Gasteiger partial charge in [0.1, 0.15) is 6.04 Å². The lowest BCUT2D eigenvalue weighted by atomic mass is 10.1. The first-order valence-corrected chi connectivity index (χ1v) is 8.43. The predicted molar refractivity (Wildman–Crippen MR) is 92.2 cm³/mol. The van der Waals surface area contributed by atoms with Gasteiger partial charge in [-0.1, -0.05) is 6.07 Å². The second kappa shape index (κ2) is 7.59. The first-order chi connectivity index (χ1) is 12.5. The summed E-state index contributed by atoms with van der Waals surface area (Å²) in [7, 11) is 3.05. The zero-order valence-corrected chi connectivity index (χ0v) is 14.8. The molecule has 1 saturated heterocycles. The number of rotatable bonds is 5. The molecule has 1 aliphatic rings. The van der Waals surface area contributed by atoms with Crippen LogP contribution < -0.4 is 4.74 Å². The summed E-state index contributed by atoms with van der Waals surface area (Å²) in [5, 5.41) is 0. The van der Waals surface area contributed by atoms with Crippen molar-refractivity contribution in [1.29, 1.82) is 0 Å². The Labute approximate surface area is 151 Å². The normalized spacial score (nSPS) is 16.6. The highest BCUT2D eigenvalue weighted by molar-refractivity contribution is 5.95. The molecule has 1 atom stereocenters. The molecule has 7 heteroatoms. The van der Waals surface area contributed by atoms with Gasteiger partial charge in [0, 0.05) is 20.1 Å². The molecule has 1 fully saturated rings. The highest BCUT2D eigenvalue weighted by Gasteiger charge is 2.36. The molecule has 2 amide bonds. The van der Waals surface area contributed by atoms with Gasteiger partial charge in [0.05, 0.1) is 13.4 Å². The SMILES string of the molecule is COc1ccc(CN(C)C(=O)C2CCCN2C(=O)c2ccco2)cc1F. The topological polar surface area (TPSA) is 63.0 Å². The molecule has 0 radical (unpaired) electrons. The van der Waals surface area contributed by atoms with Gasteiger partial charge in [-0.25, -0.2) is 4.39 Å². The van der Waals surface area contributed by atoms with Crippen molar-refractivity contribution in [3.05, 3.63) is 53.7 Å². The number of halogens is 1. The van der Waals surface area contributed by atoms with Crippen molar-refractivity contribution >= 4 is 11.8 Å². The molecule has 0 bridgehead atoms. The summed E-state index contributed by atoms with van der Waals surface area (Å²) >= 11 is 0. The smallest absolute Gasteiger partial charge is 0.290 e. The van der Waals surface area contributed by atoms with Crippen LogP contribution in [0.5, 0.6) is 5.75 Å². The monoisotopic (exact) mass is 360 g/mol. The average molecular weight is 360 g/mol. The van der Waals surface area contributed by atoms with E-state index in [2.05, 4.69) is 0 Å². The van der Waals surface area contributed by atoms with Gasteiger partial charge in [0.15, 0.2) is 17.3 Å². The Hall–Kier alpha value is -2.83. The molecule has 0 N–H and O–H groups in total. The molecule has 1 aliphatic heterocycles. The molecule has 6 nitrogen and oxygen atoms in total. The summed E-state index contributed by atoms with van der Waals surface area (Å²) in [6.07, 6.45) is 2.80. The van der Waals surface area contributed by atoms with E-state index in [9.17, 15) is 14.0 Å². The molecule has 1 unspecified atom stereocenters. The number of nitrogens with zero attached hydrogens (tertiary/aromatic N) is 2. The van der Waals surface area contributed by atoms with Crippen LogP contribution in [0, 0.1) is 5.82 Å². The minimum Gasteiger partial charge on any atom is -0.494 e. The third-order valence-electron chi connectivity index (χ3n) is 4.54. The summed E-state index contributed by atoms with van der Waals surface area (Å²) in [6.45, 7) is 0.764. The minimum atomic E-state index is -0.527. The molecule has 0 spiro atoms. The number of carbonyl (C=O) groups excluding carboxylic acids is 2. The van der Waals surface area contributed by atoms with Gasteiger partial charge in [-0.05, 0) is 42.7 Å². The van der Waals surface area contributed by atoms with Crippen LogP contribution >= 0.6 is 0 Å². The van der Waals surface area contributed by atoms with Crippen LogP contribution in [0.25, 0.3) is 0 Å². The lowest BCUT2D eigenvalue weighted by Crippen LogP contribution is -2.46. The number of likely N-dealkylation sites (tertiary alicyclic amines) is 1. The van der Waals surface area contributed by atoms with E-state index in [1.165, 1.54) is 30.4 Å². The number of benzene rings is 1. The van der Waals surface area contributed by atoms with E-state index in [0.29, 0.717) is 18.5 Å². The molecule has 1 aromatic carbocycles. The molecule has 138 valence electrons. The van der Waals surface area contributed by atoms with Crippen LogP contribution in [0.15, 0.2) is 41.0 Å². The third kappa shape index (κ3) is 3.56. The highest BCUT2D eigenvalue weighted by atomic mass is 19.1. The van der Waals surface area contributed by atoms with Crippen LogP contribution in [0.1, 0.15) is 29.0 Å². The van der Waals surface area contributed by atoms with Crippen LogP contribution in [-0.4, -0.2) is 48.4 Å². The van der Waals surface area contributed by atoms with Gasteiger partial charge < -0.3 is 19.0 Å². The van der Waals surface area contributed by atoms with E-state index in [-0.39, 0.29) is 29.9 Å². The summed E-state index contributed by atoms with van der Waals surface area (Å²) in [5.41, 5.74) is 0.654. The van der Waals surface area contributed by atoms with Gasteiger partial charge in [-0.2, -0.15) is 0 Å². The van der Waals surface area contributed by atoms with Crippen molar-refractivity contribution in [2.24, 2.45) is 0 Å². The molecule has 3 rings (SSSR count). The van der Waals surface area contributed by atoms with Crippen LogP contribution in [-0.2, 0) is 11.3 Å². The fraction of sp³-hybridized carbons (Fsp3) is 0.368. The van der Waals surface area contributed by atoms with Gasteiger partial charge >= 0.3 is 0 Å². The van der Waals surface area contributed by atoms with Crippen molar-refractivity contribution < 1.29 is 23.1 Å². The molecule has 26 heavy (non-hydrogen) atoms. The molecule has 2 aromatic rings. The number of likely N-dealkylation sites (N-methyl/N-ethyl adjacent to an activating group) is 1. The number of ether oxygens (including phenoxy) is 1. The second-order valence-electron chi connectivity index (χ2n) is 6.30. The van der Waals surface area contributed by atoms with Crippen molar-refractivity contribution in [3.63, 3.8) is 0 Å². The van der Waals surface area contributed by atoms with E-state index < -0.39 is 11.9 Å². The third-order valence-corrected chi connectivity index (χ3v) is 4.54. The lowest BCUT2D eigenvalue weighted by molar-refractivity contribution is -0.134. The number of carbonyl (C=O) groups is 2. The maximum atomic E-state index is 13.8. The number of amides is 2. The Morgan fingerprint density at radius 1 is 1.38 bits per heavy atom. The molecular formula is C19H21FN2O4. The van der Waals surface area contributed by atoms with E-state index in [1.807, 2.05) is 0 Å². The number of methoxy groups -OCH3 is 1. The zero-order chi connectivity index (χ0) is 18.7. The number of hydrogen-bond acceptors (Lipinski definition) is 4. The standard InChI is InChI=1S/C19H21FN2O4/c1-21(12-13-7-8-16(25-2)14(20)11-13)18(23)15-5-3-9-22(15)19(24)17-6-4-10-26-17/h4,6-8,10-11,15H,3,5,9,12H2,1-2H3. The Kier molecular flexibility index (Phi) is 5.25. The lowest BCUT2D eigenvalue weighted by Gasteiger charge is -2.27. The zero-order valence-electron chi connectivity index (χ0n) is 14.8. The maximum Gasteiger partial charge on any atom is 0.290 e. The summed E-state index contributed by atoms with van der Waals surface area (Å²) in [5.74, 6) is -0.534. The predicted octanol–water partition coefficient (Wildman–Crippen LogP) is 2.69. The largest absolute Gasteiger partial charge is 0.494 e. The van der Waals surface area contributed by atoms with Crippen molar-refractivity contribution in [3.8, 4) is 5.75 Å². The fourth-order valence-electron chi connectivity index (χ4n) is 3.22. The molecule has 0 aliphatic carbocycles. The van der Waals surface area contributed by atoms with Crippen LogP contribution in [0.2, 0.25) is 0 Å². The van der Waals surface area contributed by atoms with Crippen molar-refractivity contribution in [2.45, 2.75) is 25.4 Å². The van der Waals surface area contributed by atoms with Gasteiger partial charge in [-0.15, -0.1) is 0 Å². The molecule has 1 aromatic heterocycles. The van der Waals surface area contributed by atoms with E-state index in [4.69, 9.17) is 9.15 Å². The first kappa shape index (κ1) is 18.0. The van der Waals surface area contributed by atoms with E-state index in [1.54, 1.807) is 30.1 Å². The average Bonchev–Trinajstić information content (AvgIpc) is 3.32. The summed E-state index contributed by atoms with van der Waals surface area (Å²) in [4.78, 5) is 28.4. The molecular weight excluding hydrogens is 339 g/mol. The molecule has 0 saturated carbocycles. The van der Waals surface area contributed by atoms with Gasteiger partial charge in [0.25, 0.3) is 5.91 Å². The van der Waals surface area contributed by atoms with Gasteiger partial charge in [0.2, 0.25) is 5.91 Å². The minimum absolute atomic E-state index is 0.161. The van der Waals surface area contributed by atoms with Crippen LogP contribution in [0.4, 0.5) is 4.39 Å².